The number of benzene rings is 1. The van der Waals surface area contributed by atoms with Crippen LogP contribution >= 0.6 is 11.8 Å². The summed E-state index contributed by atoms with van der Waals surface area (Å²) in [6.07, 6.45) is 0.875. The van der Waals surface area contributed by atoms with Crippen LogP contribution < -0.4 is 4.74 Å². The Morgan fingerprint density at radius 2 is 1.72 bits per heavy atom. The number of carbonyl (C=O) groups is 1. The molecule has 1 aromatic carbocycles. The molecule has 3 saturated heterocycles. The van der Waals surface area contributed by atoms with Crippen LogP contribution in [-0.4, -0.2) is 69.8 Å². The van der Waals surface area contributed by atoms with E-state index in [0.717, 1.165) is 67.6 Å². The normalized spacial score (nSPS) is 30.2. The Morgan fingerprint density at radius 3 is 2.28 bits per heavy atom. The van der Waals surface area contributed by atoms with E-state index in [9.17, 15) is 4.79 Å². The van der Waals surface area contributed by atoms with Crippen molar-refractivity contribution < 1.29 is 27.0 Å². The minimum atomic E-state index is -3.28. The second-order valence-corrected chi connectivity index (χ2v) is 12.6. The molecule has 0 N–H and O–H groups in total. The van der Waals surface area contributed by atoms with Crippen molar-refractivity contribution in [2.24, 2.45) is 0 Å². The van der Waals surface area contributed by atoms with Crippen molar-refractivity contribution in [1.29, 1.82) is 0 Å². The molecule has 25 heavy (non-hydrogen) atoms. The van der Waals surface area contributed by atoms with Gasteiger partial charge in [-0.25, -0.2) is 0 Å². The van der Waals surface area contributed by atoms with E-state index in [1.54, 1.807) is 7.11 Å². The molecule has 0 amide bonds. The monoisotopic (exact) mass is 383 g/mol. The van der Waals surface area contributed by atoms with E-state index in [1.165, 1.54) is 11.8 Å². The van der Waals surface area contributed by atoms with Crippen molar-refractivity contribution in [3.05, 3.63) is 29.8 Å². The topological polar surface area (TPSA) is 54.0 Å². The summed E-state index contributed by atoms with van der Waals surface area (Å²) in [6.45, 7) is 5.28. The van der Waals surface area contributed by atoms with Gasteiger partial charge in [0.05, 0.1) is 0 Å². The fourth-order valence-electron chi connectivity index (χ4n) is 4.58. The third kappa shape index (κ3) is 2.58. The number of hydrogen-bond acceptors (Lipinski definition) is 6. The first-order valence-electron chi connectivity index (χ1n) is 8.88. The van der Waals surface area contributed by atoms with Gasteiger partial charge in [-0.05, 0) is 0 Å². The summed E-state index contributed by atoms with van der Waals surface area (Å²) in [4.78, 5) is 12.3. The van der Waals surface area contributed by atoms with Gasteiger partial charge in [0.2, 0.25) is 0 Å². The summed E-state index contributed by atoms with van der Waals surface area (Å²) in [5.74, 6) is 1.51. The second kappa shape index (κ2) is 6.36. The first kappa shape index (κ1) is 17.5. The second-order valence-electron chi connectivity index (χ2n) is 6.94. The number of nitrogens with zero attached hydrogens (tertiary/aromatic N) is 1. The van der Waals surface area contributed by atoms with Crippen LogP contribution in [0.1, 0.15) is 16.8 Å². The van der Waals surface area contributed by atoms with Crippen LogP contribution in [0, 0.1) is 0 Å². The number of hydrogen-bond donors (Lipinski definition) is 0. The number of carbonyl (C=O) groups excluding carboxylic acids is 1. The van der Waals surface area contributed by atoms with E-state index in [2.05, 4.69) is 0 Å². The average Bonchev–Trinajstić information content (AvgIpc) is 3.19. The fraction of sp³-hybridized carbons (Fsp3) is 0.588. The number of methoxy groups -OCH3 is 1. The first-order valence-corrected chi connectivity index (χ1v) is 12.2. The van der Waals surface area contributed by atoms with Gasteiger partial charge in [0, 0.05) is 0 Å². The summed E-state index contributed by atoms with van der Waals surface area (Å²) in [7, 11) is -1.66. The summed E-state index contributed by atoms with van der Waals surface area (Å²) in [5.41, 5.74) is 0.706. The molecule has 3 aliphatic rings. The molecule has 0 spiro atoms. The third-order valence-corrected chi connectivity index (χ3v) is 12.9. The Hall–Kier alpha value is -0.903. The van der Waals surface area contributed by atoms with E-state index in [-0.39, 0.29) is 5.12 Å². The number of quaternary nitrogens is 1. The van der Waals surface area contributed by atoms with Crippen molar-refractivity contribution in [1.82, 2.24) is 0 Å². The van der Waals surface area contributed by atoms with Crippen molar-refractivity contribution in [2.75, 3.05) is 52.3 Å². The van der Waals surface area contributed by atoms with E-state index in [4.69, 9.17) is 18.0 Å². The van der Waals surface area contributed by atoms with Gasteiger partial charge >= 0.3 is 152 Å². The van der Waals surface area contributed by atoms with Crippen LogP contribution in [0.2, 0.25) is 6.04 Å². The Balaban J connectivity index is 1.34. The van der Waals surface area contributed by atoms with Crippen molar-refractivity contribution in [3.8, 4) is 5.75 Å². The molecular weight excluding hydrogens is 358 g/mol. The van der Waals surface area contributed by atoms with Gasteiger partial charge in [-0.15, -0.1) is 0 Å². The van der Waals surface area contributed by atoms with Crippen LogP contribution in [-0.2, 0) is 13.3 Å². The number of rotatable bonds is 6. The Labute approximate surface area is 152 Å². The molecule has 4 rings (SSSR count). The van der Waals surface area contributed by atoms with E-state index in [1.807, 2.05) is 24.3 Å². The summed E-state index contributed by atoms with van der Waals surface area (Å²) >= 11 is 1.36. The maximum atomic E-state index is 12.3. The Bertz CT molecular complexity index is 635. The molecule has 0 radical (unpaired) electrons. The molecule has 0 saturated carbocycles. The molecular formula is C17H25NO5SSi. The van der Waals surface area contributed by atoms with Gasteiger partial charge in [-0.1, -0.05) is 0 Å². The van der Waals surface area contributed by atoms with Gasteiger partial charge in [0.1, 0.15) is 0 Å². The Morgan fingerprint density at radius 1 is 1.12 bits per heavy atom. The molecule has 0 bridgehead atoms. The molecule has 8 heteroatoms. The van der Waals surface area contributed by atoms with E-state index < -0.39 is 8.24 Å². The third-order valence-electron chi connectivity index (χ3n) is 5.93. The van der Waals surface area contributed by atoms with Crippen molar-refractivity contribution >= 4 is 25.1 Å². The molecule has 0 aromatic heterocycles. The fourth-order valence-corrected chi connectivity index (χ4v) is 11.4. The number of ether oxygens (including phenoxy) is 1. The predicted octanol–water partition coefficient (Wildman–Crippen LogP) is 2.26. The minimum absolute atomic E-state index is 0.0914. The molecule has 6 nitrogen and oxygen atoms in total. The Kier molecular flexibility index (Phi) is 4.46. The average molecular weight is 384 g/mol. The summed E-state index contributed by atoms with van der Waals surface area (Å²) in [5, 5.41) is 0.0914. The van der Waals surface area contributed by atoms with Crippen molar-refractivity contribution in [2.45, 2.75) is 12.5 Å². The van der Waals surface area contributed by atoms with Crippen LogP contribution in [0.25, 0.3) is 0 Å². The zero-order valence-electron chi connectivity index (χ0n) is 14.6. The molecule has 0 unspecified atom stereocenters. The van der Waals surface area contributed by atoms with E-state index in [0.29, 0.717) is 5.56 Å². The van der Waals surface area contributed by atoms with Gasteiger partial charge < -0.3 is 0 Å². The quantitative estimate of drug-likeness (QED) is 0.555. The van der Waals surface area contributed by atoms with E-state index >= 15 is 0 Å². The van der Waals surface area contributed by atoms with Crippen LogP contribution in [0.4, 0.5) is 0 Å². The van der Waals surface area contributed by atoms with Gasteiger partial charge in [0.15, 0.2) is 0 Å². The molecule has 0 atom stereocenters. The number of thioether (sulfide) groups is 1. The van der Waals surface area contributed by atoms with Crippen LogP contribution in [0.5, 0.6) is 5.75 Å². The molecule has 138 valence electrons. The first-order chi connectivity index (χ1) is 12.1. The SMILES string of the molecule is COc1ccc(C(=O)SCCC[Si-]234OCC[N+]2(CCO3)CCO4)cc1. The van der Waals surface area contributed by atoms with Crippen molar-refractivity contribution in [3.63, 3.8) is 0 Å². The standard InChI is InChI=1S/C17H25NO5SSi/c1-20-16-5-3-15(4-6-16)17(19)24-13-2-14-25-18(7-10-21-25,8-11-22-25)9-12-23-25/h3-6H,2,7-14H2,1H3. The molecule has 0 aliphatic carbocycles. The zero-order valence-corrected chi connectivity index (χ0v) is 16.4. The zero-order chi connectivity index (χ0) is 17.4. The van der Waals surface area contributed by atoms with Crippen LogP contribution in [0.3, 0.4) is 0 Å². The van der Waals surface area contributed by atoms with Gasteiger partial charge in [0.25, 0.3) is 0 Å². The summed E-state index contributed by atoms with van der Waals surface area (Å²) < 4.78 is 24.8. The van der Waals surface area contributed by atoms with Crippen LogP contribution in [0.15, 0.2) is 24.3 Å². The van der Waals surface area contributed by atoms with Gasteiger partial charge in [-0.2, -0.15) is 0 Å². The molecule has 3 fully saturated rings. The molecule has 3 aliphatic heterocycles. The van der Waals surface area contributed by atoms with Gasteiger partial charge in [-0.3, -0.25) is 0 Å². The molecule has 3 heterocycles. The summed E-state index contributed by atoms with van der Waals surface area (Å²) in [6, 6.07) is 8.07. The predicted molar refractivity (Wildman–Crippen MR) is 97.7 cm³/mol. The molecule has 1 aromatic rings. The maximum absolute atomic E-state index is 12.3.